The van der Waals surface area contributed by atoms with Gasteiger partial charge in [0.1, 0.15) is 5.60 Å². The lowest BCUT2D eigenvalue weighted by Crippen LogP contribution is -2.55. The highest BCUT2D eigenvalue weighted by atomic mass is 16.6. The van der Waals surface area contributed by atoms with Gasteiger partial charge in [0, 0.05) is 25.6 Å². The first-order chi connectivity index (χ1) is 9.71. The molecule has 0 saturated carbocycles. The van der Waals surface area contributed by atoms with Gasteiger partial charge in [0.25, 0.3) is 5.91 Å². The van der Waals surface area contributed by atoms with Crippen molar-refractivity contribution in [3.05, 3.63) is 11.8 Å². The van der Waals surface area contributed by atoms with Gasteiger partial charge in [-0.25, -0.2) is 4.79 Å². The van der Waals surface area contributed by atoms with Crippen LogP contribution in [-0.2, 0) is 9.53 Å². The maximum atomic E-state index is 11.9. The number of hydrogen-bond donors (Lipinski definition) is 1. The molecule has 0 aromatic heterocycles. The van der Waals surface area contributed by atoms with E-state index in [1.165, 1.54) is 0 Å². The standard InChI is InChI=1S/C15H24N2O4/c1-5-11-6-12(18)13(19)17(11)9-10-7-16(8-10)14(20)21-15(2,3)4/h6,10-11,18H,5,7-9H2,1-4H3. The second-order valence-electron chi connectivity index (χ2n) is 6.74. The fourth-order valence-electron chi connectivity index (χ4n) is 2.64. The van der Waals surface area contributed by atoms with Gasteiger partial charge < -0.3 is 19.6 Å². The Balaban J connectivity index is 1.81. The molecule has 0 aliphatic carbocycles. The largest absolute Gasteiger partial charge is 0.503 e. The van der Waals surface area contributed by atoms with Crippen LogP contribution in [0.2, 0.25) is 0 Å². The van der Waals surface area contributed by atoms with Crippen molar-refractivity contribution in [1.29, 1.82) is 0 Å². The Bertz CT molecular complexity index is 461. The lowest BCUT2D eigenvalue weighted by atomic mass is 9.99. The highest BCUT2D eigenvalue weighted by Gasteiger charge is 2.39. The number of carbonyl (C=O) groups excluding carboxylic acids is 2. The van der Waals surface area contributed by atoms with Crippen molar-refractivity contribution < 1.29 is 19.4 Å². The Morgan fingerprint density at radius 3 is 2.57 bits per heavy atom. The number of likely N-dealkylation sites (tertiary alicyclic amines) is 1. The summed E-state index contributed by atoms with van der Waals surface area (Å²) in [6.45, 7) is 9.25. The summed E-state index contributed by atoms with van der Waals surface area (Å²) in [5.74, 6) is -0.224. The molecule has 6 nitrogen and oxygen atoms in total. The van der Waals surface area contributed by atoms with Crippen LogP contribution < -0.4 is 0 Å². The molecule has 1 fully saturated rings. The summed E-state index contributed by atoms with van der Waals surface area (Å²) in [5, 5.41) is 9.53. The van der Waals surface area contributed by atoms with Crippen LogP contribution in [0.3, 0.4) is 0 Å². The number of aliphatic hydroxyl groups is 1. The van der Waals surface area contributed by atoms with E-state index in [1.807, 2.05) is 27.7 Å². The Labute approximate surface area is 125 Å². The molecule has 0 aromatic carbocycles. The van der Waals surface area contributed by atoms with Crippen LogP contribution in [0.25, 0.3) is 0 Å². The summed E-state index contributed by atoms with van der Waals surface area (Å²) in [7, 11) is 0. The molecule has 2 aliphatic rings. The van der Waals surface area contributed by atoms with Gasteiger partial charge in [0.15, 0.2) is 5.76 Å². The van der Waals surface area contributed by atoms with Crippen LogP contribution in [0.5, 0.6) is 0 Å². The molecular weight excluding hydrogens is 272 g/mol. The Hall–Kier alpha value is -1.72. The molecule has 0 aromatic rings. The second-order valence-corrected chi connectivity index (χ2v) is 6.74. The fourth-order valence-corrected chi connectivity index (χ4v) is 2.64. The number of carbonyl (C=O) groups is 2. The van der Waals surface area contributed by atoms with Gasteiger partial charge in [-0.3, -0.25) is 4.79 Å². The maximum Gasteiger partial charge on any atom is 0.410 e. The third kappa shape index (κ3) is 3.49. The van der Waals surface area contributed by atoms with Crippen LogP contribution in [0.15, 0.2) is 11.8 Å². The number of amides is 2. The van der Waals surface area contributed by atoms with E-state index in [-0.39, 0.29) is 29.7 Å². The lowest BCUT2D eigenvalue weighted by molar-refractivity contribution is -0.130. The van der Waals surface area contributed by atoms with Crippen LogP contribution >= 0.6 is 0 Å². The first-order valence-electron chi connectivity index (χ1n) is 7.41. The monoisotopic (exact) mass is 296 g/mol. The molecule has 0 bridgehead atoms. The smallest absolute Gasteiger partial charge is 0.410 e. The van der Waals surface area contributed by atoms with Gasteiger partial charge in [-0.1, -0.05) is 6.92 Å². The average molecular weight is 296 g/mol. The summed E-state index contributed by atoms with van der Waals surface area (Å²) in [6.07, 6.45) is 2.07. The summed E-state index contributed by atoms with van der Waals surface area (Å²) >= 11 is 0. The Morgan fingerprint density at radius 2 is 2.05 bits per heavy atom. The number of aliphatic hydroxyl groups excluding tert-OH is 1. The van der Waals surface area contributed by atoms with Gasteiger partial charge in [0.05, 0.1) is 6.04 Å². The van der Waals surface area contributed by atoms with E-state index < -0.39 is 5.60 Å². The van der Waals surface area contributed by atoms with Crippen molar-refractivity contribution in [2.75, 3.05) is 19.6 Å². The van der Waals surface area contributed by atoms with Gasteiger partial charge in [-0.2, -0.15) is 0 Å². The van der Waals surface area contributed by atoms with Crippen LogP contribution in [0.1, 0.15) is 34.1 Å². The molecular formula is C15H24N2O4. The first kappa shape index (κ1) is 15.7. The summed E-state index contributed by atoms with van der Waals surface area (Å²) < 4.78 is 5.30. The van der Waals surface area contributed by atoms with E-state index >= 15 is 0 Å². The molecule has 2 rings (SSSR count). The normalized spacial score (nSPS) is 23.1. The van der Waals surface area contributed by atoms with Crippen molar-refractivity contribution in [3.63, 3.8) is 0 Å². The molecule has 118 valence electrons. The second kappa shape index (κ2) is 5.58. The summed E-state index contributed by atoms with van der Waals surface area (Å²) in [4.78, 5) is 27.0. The highest BCUT2D eigenvalue weighted by Crippen LogP contribution is 2.25. The molecule has 1 unspecified atom stereocenters. The quantitative estimate of drug-likeness (QED) is 0.863. The predicted molar refractivity (Wildman–Crippen MR) is 77.8 cm³/mol. The Kier molecular flexibility index (Phi) is 4.16. The minimum Gasteiger partial charge on any atom is -0.503 e. The molecule has 0 radical (unpaired) electrons. The van der Waals surface area contributed by atoms with E-state index in [2.05, 4.69) is 0 Å². The molecule has 2 amide bonds. The molecule has 1 saturated heterocycles. The molecule has 0 spiro atoms. The summed E-state index contributed by atoms with van der Waals surface area (Å²) in [5.41, 5.74) is -0.490. The van der Waals surface area contributed by atoms with E-state index in [9.17, 15) is 14.7 Å². The molecule has 1 N–H and O–H groups in total. The van der Waals surface area contributed by atoms with E-state index in [1.54, 1.807) is 15.9 Å². The van der Waals surface area contributed by atoms with E-state index in [0.717, 1.165) is 6.42 Å². The van der Waals surface area contributed by atoms with Crippen LogP contribution in [-0.4, -0.2) is 58.2 Å². The van der Waals surface area contributed by atoms with Crippen LogP contribution in [0, 0.1) is 5.92 Å². The maximum absolute atomic E-state index is 11.9. The zero-order chi connectivity index (χ0) is 15.8. The molecule has 21 heavy (non-hydrogen) atoms. The third-order valence-electron chi connectivity index (χ3n) is 3.71. The van der Waals surface area contributed by atoms with Crippen molar-refractivity contribution in [2.24, 2.45) is 5.92 Å². The minimum absolute atomic E-state index is 0.0342. The van der Waals surface area contributed by atoms with Gasteiger partial charge >= 0.3 is 6.09 Å². The summed E-state index contributed by atoms with van der Waals surface area (Å²) in [6, 6.07) is -0.0342. The average Bonchev–Trinajstić information content (AvgIpc) is 2.57. The minimum atomic E-state index is -0.490. The third-order valence-corrected chi connectivity index (χ3v) is 3.71. The van der Waals surface area contributed by atoms with Crippen molar-refractivity contribution >= 4 is 12.0 Å². The zero-order valence-corrected chi connectivity index (χ0v) is 13.1. The number of nitrogens with zero attached hydrogens (tertiary/aromatic N) is 2. The number of rotatable bonds is 3. The predicted octanol–water partition coefficient (Wildman–Crippen LogP) is 1.92. The van der Waals surface area contributed by atoms with Crippen LogP contribution in [0.4, 0.5) is 4.79 Å². The van der Waals surface area contributed by atoms with E-state index in [0.29, 0.717) is 19.6 Å². The van der Waals surface area contributed by atoms with Crippen molar-refractivity contribution in [3.8, 4) is 0 Å². The zero-order valence-electron chi connectivity index (χ0n) is 13.1. The topological polar surface area (TPSA) is 70.1 Å². The number of ether oxygens (including phenoxy) is 1. The van der Waals surface area contributed by atoms with E-state index in [4.69, 9.17) is 4.74 Å². The van der Waals surface area contributed by atoms with Crippen molar-refractivity contribution in [1.82, 2.24) is 9.80 Å². The molecule has 1 atom stereocenters. The van der Waals surface area contributed by atoms with Gasteiger partial charge in [-0.05, 0) is 33.3 Å². The highest BCUT2D eigenvalue weighted by molar-refractivity contribution is 5.94. The Morgan fingerprint density at radius 1 is 1.43 bits per heavy atom. The van der Waals surface area contributed by atoms with Gasteiger partial charge in [0.2, 0.25) is 0 Å². The van der Waals surface area contributed by atoms with Crippen molar-refractivity contribution in [2.45, 2.75) is 45.8 Å². The fraction of sp³-hybridized carbons (Fsp3) is 0.733. The molecule has 2 aliphatic heterocycles. The van der Waals surface area contributed by atoms with Gasteiger partial charge in [-0.15, -0.1) is 0 Å². The molecule has 2 heterocycles. The first-order valence-corrected chi connectivity index (χ1v) is 7.41. The lowest BCUT2D eigenvalue weighted by Gasteiger charge is -2.42. The number of hydrogen-bond acceptors (Lipinski definition) is 4. The molecule has 6 heteroatoms. The SMILES string of the molecule is CCC1C=C(O)C(=O)N1CC1CN(C(=O)OC(C)(C)C)C1.